The summed E-state index contributed by atoms with van der Waals surface area (Å²) in [5.74, 6) is -2.76. The zero-order valence-electron chi connectivity index (χ0n) is 16.1. The van der Waals surface area contributed by atoms with Gasteiger partial charge in [0.2, 0.25) is 0 Å². The minimum atomic E-state index is -1.14. The third-order valence-corrected chi connectivity index (χ3v) is 4.96. The topological polar surface area (TPSA) is 9.23 Å². The number of hydrogen-bond acceptors (Lipinski definition) is 1. The molecule has 0 aromatic heterocycles. The first kappa shape index (κ1) is 22.0. The average molecular weight is 358 g/mol. The molecule has 25 heavy (non-hydrogen) atoms. The Morgan fingerprint density at radius 2 is 1.48 bits per heavy atom. The van der Waals surface area contributed by atoms with Crippen molar-refractivity contribution >= 4 is 0 Å². The summed E-state index contributed by atoms with van der Waals surface area (Å²) in [7, 11) is 0. The molecular weight excluding hydrogens is 325 g/mol. The summed E-state index contributed by atoms with van der Waals surface area (Å²) in [5, 5.41) is 0. The van der Waals surface area contributed by atoms with Crippen LogP contribution >= 0.6 is 0 Å². The molecular formula is C21H33F3O. The van der Waals surface area contributed by atoms with Gasteiger partial charge in [0.1, 0.15) is 5.82 Å². The molecule has 0 radical (unpaired) electrons. The van der Waals surface area contributed by atoms with Gasteiger partial charge < -0.3 is 4.74 Å². The van der Waals surface area contributed by atoms with Crippen molar-refractivity contribution in [1.82, 2.24) is 0 Å². The third kappa shape index (κ3) is 7.39. The first-order chi connectivity index (χ1) is 11.8. The van der Waals surface area contributed by atoms with Crippen molar-refractivity contribution in [1.29, 1.82) is 0 Å². The smallest absolute Gasteiger partial charge is 0.161 e. The molecule has 1 nitrogen and oxygen atoms in total. The van der Waals surface area contributed by atoms with Gasteiger partial charge in [-0.1, -0.05) is 45.4 Å². The van der Waals surface area contributed by atoms with Gasteiger partial charge in [-0.3, -0.25) is 0 Å². The van der Waals surface area contributed by atoms with Gasteiger partial charge in [0.05, 0.1) is 5.60 Å². The van der Waals surface area contributed by atoms with Crippen molar-refractivity contribution in [3.05, 3.63) is 35.1 Å². The highest BCUT2D eigenvalue weighted by Crippen LogP contribution is 2.31. The van der Waals surface area contributed by atoms with Gasteiger partial charge in [0.15, 0.2) is 11.6 Å². The lowest BCUT2D eigenvalue weighted by Gasteiger charge is -2.34. The van der Waals surface area contributed by atoms with Gasteiger partial charge in [-0.2, -0.15) is 0 Å². The van der Waals surface area contributed by atoms with Gasteiger partial charge in [0.25, 0.3) is 0 Å². The summed E-state index contributed by atoms with van der Waals surface area (Å²) in [6.45, 7) is 8.69. The number of benzene rings is 1. The lowest BCUT2D eigenvalue weighted by Crippen LogP contribution is -2.36. The highest BCUT2D eigenvalue weighted by atomic mass is 19.2. The molecule has 0 N–H and O–H groups in total. The molecule has 0 aliphatic heterocycles. The fourth-order valence-corrected chi connectivity index (χ4v) is 3.34. The zero-order chi connectivity index (χ0) is 18.9. The second-order valence-corrected chi connectivity index (χ2v) is 7.35. The molecule has 0 aliphatic rings. The maximum Gasteiger partial charge on any atom is 0.161 e. The van der Waals surface area contributed by atoms with Crippen molar-refractivity contribution in [2.75, 3.05) is 6.61 Å². The quantitative estimate of drug-likeness (QED) is 0.294. The number of halogens is 3. The molecule has 0 aliphatic carbocycles. The Kier molecular flexibility index (Phi) is 9.55. The first-order valence-electron chi connectivity index (χ1n) is 9.59. The summed E-state index contributed by atoms with van der Waals surface area (Å²) in [6, 6.07) is 1.63. The van der Waals surface area contributed by atoms with Crippen LogP contribution in [0.4, 0.5) is 13.2 Å². The van der Waals surface area contributed by atoms with Gasteiger partial charge in [0, 0.05) is 12.7 Å². The molecule has 144 valence electrons. The van der Waals surface area contributed by atoms with Crippen LogP contribution in [0.15, 0.2) is 12.1 Å². The predicted octanol–water partition coefficient (Wildman–Crippen LogP) is 6.83. The van der Waals surface area contributed by atoms with E-state index < -0.39 is 23.1 Å². The highest BCUT2D eigenvalue weighted by Gasteiger charge is 2.30. The maximum atomic E-state index is 14.0. The minimum absolute atomic E-state index is 0.0537. The molecule has 1 unspecified atom stereocenters. The molecule has 0 saturated carbocycles. The van der Waals surface area contributed by atoms with Crippen molar-refractivity contribution in [3.63, 3.8) is 0 Å². The molecule has 0 spiro atoms. The second-order valence-electron chi connectivity index (χ2n) is 7.35. The Labute approximate surface area is 151 Å². The molecule has 4 heteroatoms. The summed E-state index contributed by atoms with van der Waals surface area (Å²) in [6.07, 6.45) is 8.34. The van der Waals surface area contributed by atoms with E-state index in [0.29, 0.717) is 19.1 Å². The summed E-state index contributed by atoms with van der Waals surface area (Å²) in [4.78, 5) is 0. The number of ether oxygens (including phenoxy) is 1. The van der Waals surface area contributed by atoms with E-state index in [1.807, 2.05) is 20.8 Å². The highest BCUT2D eigenvalue weighted by molar-refractivity contribution is 5.21. The largest absolute Gasteiger partial charge is 0.376 e. The van der Waals surface area contributed by atoms with Crippen LogP contribution < -0.4 is 0 Å². The molecule has 0 bridgehead atoms. The van der Waals surface area contributed by atoms with Crippen LogP contribution in [0.2, 0.25) is 0 Å². The fourth-order valence-electron chi connectivity index (χ4n) is 3.34. The summed E-state index contributed by atoms with van der Waals surface area (Å²) in [5.41, 5.74) is -0.210. The van der Waals surface area contributed by atoms with Crippen LogP contribution in [-0.4, -0.2) is 12.2 Å². The molecule has 1 aromatic rings. The molecule has 1 aromatic carbocycles. The number of rotatable bonds is 12. The molecule has 0 saturated heterocycles. The van der Waals surface area contributed by atoms with Gasteiger partial charge >= 0.3 is 0 Å². The number of unbranched alkanes of at least 4 members (excludes halogenated alkanes) is 5. The monoisotopic (exact) mass is 358 g/mol. The van der Waals surface area contributed by atoms with Gasteiger partial charge in [-0.05, 0) is 51.2 Å². The second kappa shape index (κ2) is 10.8. The molecule has 0 amide bonds. The molecule has 0 heterocycles. The van der Waals surface area contributed by atoms with E-state index >= 15 is 0 Å². The van der Waals surface area contributed by atoms with Crippen LogP contribution in [0.3, 0.4) is 0 Å². The standard InChI is InChI=1S/C21H33F3O/c1-5-7-8-9-10-11-12-17(21(3,4)25-6-2)13-16-14-19(23)20(24)15-18(16)22/h14-15,17H,5-13H2,1-4H3. The first-order valence-corrected chi connectivity index (χ1v) is 9.59. The minimum Gasteiger partial charge on any atom is -0.376 e. The van der Waals surface area contributed by atoms with Crippen LogP contribution in [0.1, 0.15) is 78.2 Å². The van der Waals surface area contributed by atoms with Crippen LogP contribution in [0.25, 0.3) is 0 Å². The maximum absolute atomic E-state index is 14.0. The van der Waals surface area contributed by atoms with Crippen molar-refractivity contribution in [2.45, 2.75) is 84.7 Å². The van der Waals surface area contributed by atoms with Crippen molar-refractivity contribution in [3.8, 4) is 0 Å². The van der Waals surface area contributed by atoms with E-state index in [2.05, 4.69) is 6.92 Å². The molecule has 1 rings (SSSR count). The van der Waals surface area contributed by atoms with Crippen molar-refractivity contribution < 1.29 is 17.9 Å². The Morgan fingerprint density at radius 3 is 2.12 bits per heavy atom. The van der Waals surface area contributed by atoms with Crippen LogP contribution in [0.5, 0.6) is 0 Å². The number of hydrogen-bond donors (Lipinski definition) is 0. The summed E-state index contributed by atoms with van der Waals surface area (Å²) >= 11 is 0. The van der Waals surface area contributed by atoms with E-state index in [4.69, 9.17) is 4.74 Å². The lowest BCUT2D eigenvalue weighted by atomic mass is 9.81. The molecule has 0 fully saturated rings. The van der Waals surface area contributed by atoms with Crippen LogP contribution in [0, 0.1) is 23.4 Å². The third-order valence-electron chi connectivity index (χ3n) is 4.96. The Bertz CT molecular complexity index is 514. The predicted molar refractivity (Wildman–Crippen MR) is 97.2 cm³/mol. The van der Waals surface area contributed by atoms with Crippen LogP contribution in [-0.2, 0) is 11.2 Å². The normalized spacial score (nSPS) is 13.2. The van der Waals surface area contributed by atoms with Gasteiger partial charge in [-0.25, -0.2) is 13.2 Å². The Morgan fingerprint density at radius 1 is 0.880 bits per heavy atom. The Balaban J connectivity index is 2.76. The van der Waals surface area contributed by atoms with E-state index in [9.17, 15) is 13.2 Å². The van der Waals surface area contributed by atoms with E-state index in [-0.39, 0.29) is 11.5 Å². The Hall–Kier alpha value is -1.03. The SMILES string of the molecule is CCCCCCCCC(Cc1cc(F)c(F)cc1F)C(C)(C)OCC. The van der Waals surface area contributed by atoms with E-state index in [1.54, 1.807) is 0 Å². The van der Waals surface area contributed by atoms with E-state index in [1.165, 1.54) is 25.7 Å². The lowest BCUT2D eigenvalue weighted by molar-refractivity contribution is -0.0575. The van der Waals surface area contributed by atoms with Crippen molar-refractivity contribution in [2.24, 2.45) is 5.92 Å². The average Bonchev–Trinajstić information content (AvgIpc) is 2.54. The zero-order valence-corrected chi connectivity index (χ0v) is 16.1. The molecule has 1 atom stereocenters. The summed E-state index contributed by atoms with van der Waals surface area (Å²) < 4.78 is 46.6. The fraction of sp³-hybridized carbons (Fsp3) is 0.714. The van der Waals surface area contributed by atoms with E-state index in [0.717, 1.165) is 25.3 Å². The van der Waals surface area contributed by atoms with Gasteiger partial charge in [-0.15, -0.1) is 0 Å².